The molecule has 3 N–H and O–H groups in total. The highest BCUT2D eigenvalue weighted by Gasteiger charge is 2.15. The molecule has 0 unspecified atom stereocenters. The number of carbonyl (C=O) groups is 2. The summed E-state index contributed by atoms with van der Waals surface area (Å²) in [5.74, 6) is -1.18. The zero-order chi connectivity index (χ0) is 21.0. The van der Waals surface area contributed by atoms with Crippen molar-refractivity contribution in [3.8, 4) is 11.6 Å². The molecule has 0 saturated heterocycles. The fourth-order valence-electron chi connectivity index (χ4n) is 2.53. The van der Waals surface area contributed by atoms with Crippen LogP contribution in [0.4, 0.5) is 11.4 Å². The predicted molar refractivity (Wildman–Crippen MR) is 101 cm³/mol. The Morgan fingerprint density at radius 1 is 1.28 bits per heavy atom. The average molecular weight is 397 g/mol. The van der Waals surface area contributed by atoms with Crippen molar-refractivity contribution in [2.45, 2.75) is 0 Å². The number of methoxy groups -OCH3 is 1. The Labute approximate surface area is 163 Å². The number of amides is 2. The number of H-pyrrole nitrogens is 1. The summed E-state index contributed by atoms with van der Waals surface area (Å²) in [4.78, 5) is 36.9. The van der Waals surface area contributed by atoms with E-state index in [1.807, 2.05) is 0 Å². The van der Waals surface area contributed by atoms with Crippen LogP contribution in [0, 0.1) is 10.1 Å². The summed E-state index contributed by atoms with van der Waals surface area (Å²) in [6, 6.07) is 10.2. The van der Waals surface area contributed by atoms with E-state index in [0.29, 0.717) is 16.8 Å². The molecule has 0 aliphatic heterocycles. The van der Waals surface area contributed by atoms with Gasteiger partial charge < -0.3 is 20.1 Å². The number of rotatable bonds is 6. The van der Waals surface area contributed by atoms with Crippen molar-refractivity contribution in [1.82, 2.24) is 10.3 Å². The summed E-state index contributed by atoms with van der Waals surface area (Å²) < 4.78 is 5.03. The molecule has 29 heavy (non-hydrogen) atoms. The second kappa shape index (κ2) is 8.17. The van der Waals surface area contributed by atoms with E-state index in [1.165, 1.54) is 31.4 Å². The molecule has 3 aromatic rings. The van der Waals surface area contributed by atoms with E-state index in [9.17, 15) is 24.8 Å². The maximum atomic E-state index is 12.1. The standard InChI is InChI=1S/C18H15N5O6/c1-29-12-4-2-3-10(7-12)17(25)19-9-15(24)21-22-16-13-8-11(23(27)28)5-6-14(13)20-18(16)26/h2-8,20,26H,9H2,1H3,(H,19,25). The minimum Gasteiger partial charge on any atom is -0.497 e. The summed E-state index contributed by atoms with van der Waals surface area (Å²) in [5, 5.41) is 30.6. The van der Waals surface area contributed by atoms with Crippen molar-refractivity contribution in [2.24, 2.45) is 10.2 Å². The number of aromatic amines is 1. The lowest BCUT2D eigenvalue weighted by Crippen LogP contribution is -2.28. The lowest BCUT2D eigenvalue weighted by molar-refractivity contribution is -0.384. The van der Waals surface area contributed by atoms with E-state index in [-0.39, 0.29) is 16.8 Å². The molecule has 148 valence electrons. The van der Waals surface area contributed by atoms with Gasteiger partial charge in [-0.05, 0) is 24.3 Å². The molecule has 11 nitrogen and oxygen atoms in total. The number of hydrogen-bond acceptors (Lipinski definition) is 7. The van der Waals surface area contributed by atoms with Crippen molar-refractivity contribution in [2.75, 3.05) is 13.7 Å². The Bertz CT molecular complexity index is 1140. The van der Waals surface area contributed by atoms with Crippen LogP contribution in [0.3, 0.4) is 0 Å². The number of ether oxygens (including phenoxy) is 1. The monoisotopic (exact) mass is 397 g/mol. The Morgan fingerprint density at radius 2 is 2.07 bits per heavy atom. The summed E-state index contributed by atoms with van der Waals surface area (Å²) >= 11 is 0. The first-order valence-electron chi connectivity index (χ1n) is 8.25. The average Bonchev–Trinajstić information content (AvgIpc) is 3.04. The van der Waals surface area contributed by atoms with Gasteiger partial charge in [-0.15, -0.1) is 10.2 Å². The second-order valence-corrected chi connectivity index (χ2v) is 5.82. The molecule has 11 heteroatoms. The van der Waals surface area contributed by atoms with Crippen LogP contribution in [0.5, 0.6) is 11.6 Å². The van der Waals surface area contributed by atoms with Gasteiger partial charge in [-0.25, -0.2) is 0 Å². The first-order chi connectivity index (χ1) is 13.9. The van der Waals surface area contributed by atoms with Crippen LogP contribution in [0.15, 0.2) is 52.7 Å². The number of aromatic nitrogens is 1. The molecule has 1 aromatic heterocycles. The van der Waals surface area contributed by atoms with Crippen LogP contribution < -0.4 is 10.1 Å². The minimum absolute atomic E-state index is 0.115. The van der Waals surface area contributed by atoms with Crippen molar-refractivity contribution < 1.29 is 24.4 Å². The van der Waals surface area contributed by atoms with E-state index in [4.69, 9.17) is 4.74 Å². The molecule has 0 aliphatic carbocycles. The van der Waals surface area contributed by atoms with Crippen LogP contribution in [0.2, 0.25) is 0 Å². The number of carbonyl (C=O) groups excluding carboxylic acids is 2. The smallest absolute Gasteiger partial charge is 0.283 e. The zero-order valence-corrected chi connectivity index (χ0v) is 15.1. The highest BCUT2D eigenvalue weighted by atomic mass is 16.6. The van der Waals surface area contributed by atoms with Gasteiger partial charge in [-0.3, -0.25) is 19.7 Å². The Hall–Kier alpha value is -4.28. The van der Waals surface area contributed by atoms with E-state index in [2.05, 4.69) is 20.5 Å². The lowest BCUT2D eigenvalue weighted by atomic mass is 10.2. The fourth-order valence-corrected chi connectivity index (χ4v) is 2.53. The molecule has 2 amide bonds. The van der Waals surface area contributed by atoms with E-state index in [0.717, 1.165) is 0 Å². The predicted octanol–water partition coefficient (Wildman–Crippen LogP) is 2.83. The molecule has 0 bridgehead atoms. The van der Waals surface area contributed by atoms with E-state index in [1.54, 1.807) is 18.2 Å². The molecule has 0 aliphatic rings. The number of benzene rings is 2. The number of nitro benzene ring substituents is 1. The molecule has 0 spiro atoms. The summed E-state index contributed by atoms with van der Waals surface area (Å²) in [7, 11) is 1.47. The Balaban J connectivity index is 1.70. The number of non-ortho nitro benzene ring substituents is 1. The molecule has 0 atom stereocenters. The molecule has 1 heterocycles. The highest BCUT2D eigenvalue weighted by molar-refractivity contribution is 5.97. The molecule has 2 aromatic carbocycles. The fraction of sp³-hybridized carbons (Fsp3) is 0.111. The van der Waals surface area contributed by atoms with Gasteiger partial charge in [0.25, 0.3) is 17.5 Å². The topological polar surface area (TPSA) is 159 Å². The summed E-state index contributed by atoms with van der Waals surface area (Å²) in [6.07, 6.45) is 0. The third-order valence-electron chi connectivity index (χ3n) is 3.94. The van der Waals surface area contributed by atoms with Gasteiger partial charge >= 0.3 is 0 Å². The van der Waals surface area contributed by atoms with Crippen molar-refractivity contribution in [3.63, 3.8) is 0 Å². The first kappa shape index (κ1) is 19.5. The van der Waals surface area contributed by atoms with Crippen LogP contribution >= 0.6 is 0 Å². The summed E-state index contributed by atoms with van der Waals surface area (Å²) in [6.45, 7) is -0.428. The number of nitro groups is 1. The van der Waals surface area contributed by atoms with Crippen LogP contribution in [0.1, 0.15) is 10.4 Å². The number of fused-ring (bicyclic) bond motifs is 1. The van der Waals surface area contributed by atoms with Gasteiger partial charge in [-0.1, -0.05) is 6.07 Å². The zero-order valence-electron chi connectivity index (χ0n) is 15.1. The molecule has 0 radical (unpaired) electrons. The van der Waals surface area contributed by atoms with Gasteiger partial charge in [0.1, 0.15) is 12.3 Å². The third kappa shape index (κ3) is 4.35. The Morgan fingerprint density at radius 3 is 2.79 bits per heavy atom. The van der Waals surface area contributed by atoms with E-state index < -0.39 is 29.2 Å². The van der Waals surface area contributed by atoms with Crippen molar-refractivity contribution in [1.29, 1.82) is 0 Å². The molecular weight excluding hydrogens is 382 g/mol. The highest BCUT2D eigenvalue weighted by Crippen LogP contribution is 2.37. The van der Waals surface area contributed by atoms with Crippen LogP contribution in [0.25, 0.3) is 10.9 Å². The van der Waals surface area contributed by atoms with Crippen molar-refractivity contribution >= 4 is 34.1 Å². The van der Waals surface area contributed by atoms with E-state index >= 15 is 0 Å². The number of nitrogens with one attached hydrogen (secondary N) is 2. The number of hydrogen-bond donors (Lipinski definition) is 3. The van der Waals surface area contributed by atoms with Crippen LogP contribution in [-0.2, 0) is 4.79 Å². The number of nitrogens with zero attached hydrogens (tertiary/aromatic N) is 3. The maximum absolute atomic E-state index is 12.1. The second-order valence-electron chi connectivity index (χ2n) is 5.82. The van der Waals surface area contributed by atoms with Crippen molar-refractivity contribution in [3.05, 3.63) is 58.1 Å². The van der Waals surface area contributed by atoms with Gasteiger partial charge in [0.2, 0.25) is 5.88 Å². The van der Waals surface area contributed by atoms with Crippen LogP contribution in [-0.4, -0.2) is 40.5 Å². The molecule has 3 rings (SSSR count). The van der Waals surface area contributed by atoms with Gasteiger partial charge in [-0.2, -0.15) is 0 Å². The van der Waals surface area contributed by atoms with Gasteiger partial charge in [0, 0.05) is 23.1 Å². The maximum Gasteiger partial charge on any atom is 0.283 e. The lowest BCUT2D eigenvalue weighted by Gasteiger charge is -2.04. The third-order valence-corrected chi connectivity index (χ3v) is 3.94. The number of aromatic hydroxyl groups is 1. The number of azo groups is 1. The largest absolute Gasteiger partial charge is 0.497 e. The molecule has 0 saturated carbocycles. The van der Waals surface area contributed by atoms with Gasteiger partial charge in [0.15, 0.2) is 5.69 Å². The summed E-state index contributed by atoms with van der Waals surface area (Å²) in [5.41, 5.74) is 0.373. The minimum atomic E-state index is -0.777. The molecular formula is C18H15N5O6. The van der Waals surface area contributed by atoms with Gasteiger partial charge in [0.05, 0.1) is 17.5 Å². The Kier molecular flexibility index (Phi) is 5.49. The molecule has 0 fully saturated rings. The first-order valence-corrected chi connectivity index (χ1v) is 8.25. The SMILES string of the molecule is COc1cccc(C(=O)NCC(=O)N=Nc2c(O)[nH]c3ccc([N+](=O)[O-])cc23)c1. The normalized spacial score (nSPS) is 10.9. The quantitative estimate of drug-likeness (QED) is 0.329.